The molecule has 0 spiro atoms. The Morgan fingerprint density at radius 2 is 2.12 bits per heavy atom. The van der Waals surface area contributed by atoms with Crippen LogP contribution in [-0.4, -0.2) is 37.3 Å². The highest BCUT2D eigenvalue weighted by molar-refractivity contribution is 7.89. The Balaban J connectivity index is 1.97. The number of aromatic nitrogens is 1. The van der Waals surface area contributed by atoms with Gasteiger partial charge in [0.25, 0.3) is 0 Å². The second kappa shape index (κ2) is 6.70. The Kier molecular flexibility index (Phi) is 4.64. The number of hydrogen-bond donors (Lipinski definition) is 0. The first kappa shape index (κ1) is 16.6. The summed E-state index contributed by atoms with van der Waals surface area (Å²) in [6.45, 7) is 0.449. The molecule has 1 aliphatic heterocycles. The van der Waals surface area contributed by atoms with E-state index in [0.717, 1.165) is 18.4 Å². The highest BCUT2D eigenvalue weighted by Crippen LogP contribution is 2.36. The van der Waals surface area contributed by atoms with E-state index in [-0.39, 0.29) is 16.5 Å². The number of pyridine rings is 1. The third-order valence-electron chi connectivity index (χ3n) is 4.13. The maximum Gasteiger partial charge on any atom is 0.337 e. The fourth-order valence-corrected chi connectivity index (χ4v) is 4.70. The van der Waals surface area contributed by atoms with Crippen LogP contribution in [0.5, 0.6) is 0 Å². The first-order valence-corrected chi connectivity index (χ1v) is 9.08. The number of sulfonamides is 1. The van der Waals surface area contributed by atoms with Gasteiger partial charge in [0.1, 0.15) is 0 Å². The van der Waals surface area contributed by atoms with Gasteiger partial charge in [0.2, 0.25) is 10.0 Å². The number of ether oxygens (including phenoxy) is 1. The smallest absolute Gasteiger partial charge is 0.337 e. The lowest BCUT2D eigenvalue weighted by atomic mass is 10.1. The Morgan fingerprint density at radius 1 is 1.29 bits per heavy atom. The normalized spacial score (nSPS) is 18.5. The van der Waals surface area contributed by atoms with Crippen LogP contribution in [0.4, 0.5) is 0 Å². The third-order valence-corrected chi connectivity index (χ3v) is 6.04. The van der Waals surface area contributed by atoms with Crippen molar-refractivity contribution in [2.45, 2.75) is 23.8 Å². The number of carbonyl (C=O) groups is 1. The van der Waals surface area contributed by atoms with Crippen molar-refractivity contribution in [1.82, 2.24) is 9.29 Å². The van der Waals surface area contributed by atoms with E-state index >= 15 is 0 Å². The van der Waals surface area contributed by atoms with Gasteiger partial charge < -0.3 is 4.74 Å². The lowest BCUT2D eigenvalue weighted by molar-refractivity contribution is 0.0600. The predicted molar refractivity (Wildman–Crippen MR) is 87.9 cm³/mol. The second-order valence-electron chi connectivity index (χ2n) is 5.58. The average molecular weight is 346 g/mol. The fourth-order valence-electron chi connectivity index (χ4n) is 2.97. The highest BCUT2D eigenvalue weighted by atomic mass is 32.2. The van der Waals surface area contributed by atoms with Crippen LogP contribution in [0.3, 0.4) is 0 Å². The van der Waals surface area contributed by atoms with Crippen molar-refractivity contribution in [3.63, 3.8) is 0 Å². The van der Waals surface area contributed by atoms with E-state index in [9.17, 15) is 13.2 Å². The van der Waals surface area contributed by atoms with Crippen LogP contribution < -0.4 is 0 Å². The molecule has 2 aromatic rings. The van der Waals surface area contributed by atoms with Gasteiger partial charge in [-0.1, -0.05) is 12.1 Å². The first-order chi connectivity index (χ1) is 11.5. The zero-order chi connectivity index (χ0) is 17.2. The first-order valence-electron chi connectivity index (χ1n) is 7.64. The van der Waals surface area contributed by atoms with E-state index in [1.165, 1.54) is 29.6 Å². The minimum atomic E-state index is -3.70. The second-order valence-corrected chi connectivity index (χ2v) is 7.47. The topological polar surface area (TPSA) is 76.6 Å². The van der Waals surface area contributed by atoms with E-state index < -0.39 is 16.0 Å². The molecule has 1 aromatic carbocycles. The Morgan fingerprint density at radius 3 is 2.83 bits per heavy atom. The van der Waals surface area contributed by atoms with Gasteiger partial charge in [-0.15, -0.1) is 0 Å². The molecule has 0 unspecified atom stereocenters. The standard InChI is InChI=1S/C17H18N2O4S/c1-23-17(20)13-5-2-7-15(11-13)24(21,22)19-10-4-8-16(19)14-6-3-9-18-12-14/h2-3,5-7,9,11-12,16H,4,8,10H2,1H3/t16-/m0/s1. The van der Waals surface area contributed by atoms with E-state index in [4.69, 9.17) is 0 Å². The van der Waals surface area contributed by atoms with Gasteiger partial charge in [0.15, 0.2) is 0 Å². The quantitative estimate of drug-likeness (QED) is 0.795. The molecule has 6 nitrogen and oxygen atoms in total. The predicted octanol–water partition coefficient (Wildman–Crippen LogP) is 2.39. The highest BCUT2D eigenvalue weighted by Gasteiger charge is 2.36. The van der Waals surface area contributed by atoms with Crippen molar-refractivity contribution in [2.24, 2.45) is 0 Å². The number of benzene rings is 1. The van der Waals surface area contributed by atoms with Crippen LogP contribution in [0.1, 0.15) is 34.8 Å². The number of nitrogens with zero attached hydrogens (tertiary/aromatic N) is 2. The average Bonchev–Trinajstić information content (AvgIpc) is 3.12. The van der Waals surface area contributed by atoms with E-state index in [0.29, 0.717) is 6.54 Å². The summed E-state index contributed by atoms with van der Waals surface area (Å²) >= 11 is 0. The van der Waals surface area contributed by atoms with E-state index in [2.05, 4.69) is 9.72 Å². The SMILES string of the molecule is COC(=O)c1cccc(S(=O)(=O)N2CCC[C@H]2c2cccnc2)c1. The molecular weight excluding hydrogens is 328 g/mol. The van der Waals surface area contributed by atoms with Gasteiger partial charge in [0.05, 0.1) is 23.6 Å². The van der Waals surface area contributed by atoms with Crippen molar-refractivity contribution in [3.05, 3.63) is 59.9 Å². The van der Waals surface area contributed by atoms with Crippen molar-refractivity contribution >= 4 is 16.0 Å². The number of carbonyl (C=O) groups excluding carboxylic acids is 1. The van der Waals surface area contributed by atoms with Crippen LogP contribution in [0.2, 0.25) is 0 Å². The molecule has 1 atom stereocenters. The summed E-state index contributed by atoms with van der Waals surface area (Å²) in [5, 5.41) is 0. The van der Waals surface area contributed by atoms with Gasteiger partial charge in [-0.2, -0.15) is 4.31 Å². The molecule has 0 aliphatic carbocycles. The summed E-state index contributed by atoms with van der Waals surface area (Å²) in [5.41, 5.74) is 1.10. The maximum absolute atomic E-state index is 13.0. The minimum Gasteiger partial charge on any atom is -0.465 e. The Hall–Kier alpha value is -2.25. The molecule has 3 rings (SSSR count). The molecule has 1 saturated heterocycles. The molecule has 0 saturated carbocycles. The summed E-state index contributed by atoms with van der Waals surface area (Å²) in [7, 11) is -2.44. The van der Waals surface area contributed by atoms with Crippen LogP contribution in [0.15, 0.2) is 53.7 Å². The van der Waals surface area contributed by atoms with Crippen molar-refractivity contribution in [2.75, 3.05) is 13.7 Å². The van der Waals surface area contributed by atoms with Gasteiger partial charge in [-0.25, -0.2) is 13.2 Å². The van der Waals surface area contributed by atoms with E-state index in [1.807, 2.05) is 6.07 Å². The maximum atomic E-state index is 13.0. The summed E-state index contributed by atoms with van der Waals surface area (Å²) in [6.07, 6.45) is 4.90. The molecule has 7 heteroatoms. The number of methoxy groups -OCH3 is 1. The van der Waals surface area contributed by atoms with Gasteiger partial charge in [-0.05, 0) is 42.7 Å². The summed E-state index contributed by atoms with van der Waals surface area (Å²) in [4.78, 5) is 15.8. The lowest BCUT2D eigenvalue weighted by Crippen LogP contribution is -2.30. The number of hydrogen-bond acceptors (Lipinski definition) is 5. The molecule has 0 amide bonds. The zero-order valence-corrected chi connectivity index (χ0v) is 14.1. The Labute approximate surface area is 141 Å². The lowest BCUT2D eigenvalue weighted by Gasteiger charge is -2.24. The molecular formula is C17H18N2O4S. The van der Waals surface area contributed by atoms with Crippen LogP contribution in [0, 0.1) is 0 Å². The van der Waals surface area contributed by atoms with E-state index in [1.54, 1.807) is 24.5 Å². The number of esters is 1. The van der Waals surface area contributed by atoms with Crippen LogP contribution >= 0.6 is 0 Å². The summed E-state index contributed by atoms with van der Waals surface area (Å²) in [6, 6.07) is 9.40. The summed E-state index contributed by atoms with van der Waals surface area (Å²) < 4.78 is 32.2. The van der Waals surface area contributed by atoms with Crippen LogP contribution in [0.25, 0.3) is 0 Å². The molecule has 0 bridgehead atoms. The molecule has 0 radical (unpaired) electrons. The molecule has 126 valence electrons. The Bertz CT molecular complexity index is 837. The van der Waals surface area contributed by atoms with Gasteiger partial charge in [-0.3, -0.25) is 4.98 Å². The third kappa shape index (κ3) is 3.05. The molecule has 0 N–H and O–H groups in total. The van der Waals surface area contributed by atoms with Crippen LogP contribution in [-0.2, 0) is 14.8 Å². The number of rotatable bonds is 4. The largest absolute Gasteiger partial charge is 0.465 e. The van der Waals surface area contributed by atoms with Crippen molar-refractivity contribution in [1.29, 1.82) is 0 Å². The monoisotopic (exact) mass is 346 g/mol. The van der Waals surface area contributed by atoms with Crippen molar-refractivity contribution in [3.8, 4) is 0 Å². The summed E-state index contributed by atoms with van der Waals surface area (Å²) in [5.74, 6) is -0.558. The molecule has 1 aromatic heterocycles. The molecule has 24 heavy (non-hydrogen) atoms. The molecule has 2 heterocycles. The van der Waals surface area contributed by atoms with Crippen molar-refractivity contribution < 1.29 is 17.9 Å². The molecule has 1 aliphatic rings. The molecule has 1 fully saturated rings. The fraction of sp³-hybridized carbons (Fsp3) is 0.294. The minimum absolute atomic E-state index is 0.0983. The van der Waals surface area contributed by atoms with Gasteiger partial charge in [0, 0.05) is 18.9 Å². The zero-order valence-electron chi connectivity index (χ0n) is 13.3. The van der Waals surface area contributed by atoms with Gasteiger partial charge >= 0.3 is 5.97 Å².